The molecular formula is C7H15NO3. The molecule has 4 nitrogen and oxygen atoms in total. The van der Waals surface area contributed by atoms with Crippen molar-refractivity contribution in [2.24, 2.45) is 11.3 Å². The van der Waals surface area contributed by atoms with Gasteiger partial charge in [-0.2, -0.15) is 0 Å². The number of hydrogen-bond acceptors (Lipinski definition) is 3. The highest BCUT2D eigenvalue weighted by Gasteiger charge is 2.32. The summed E-state index contributed by atoms with van der Waals surface area (Å²) in [6.07, 6.45) is 1.39. The van der Waals surface area contributed by atoms with Crippen LogP contribution in [0.1, 0.15) is 26.7 Å². The van der Waals surface area contributed by atoms with Crippen molar-refractivity contribution in [1.82, 2.24) is 0 Å². The summed E-state index contributed by atoms with van der Waals surface area (Å²) in [4.78, 5) is 15.0. The molecule has 1 unspecified atom stereocenters. The van der Waals surface area contributed by atoms with Crippen molar-refractivity contribution in [3.8, 4) is 0 Å². The minimum Gasteiger partial charge on any atom is -0.481 e. The first-order chi connectivity index (χ1) is 5.06. The van der Waals surface area contributed by atoms with Crippen molar-refractivity contribution in [2.45, 2.75) is 26.7 Å². The molecular weight excluding hydrogens is 146 g/mol. The van der Waals surface area contributed by atoms with E-state index in [4.69, 9.17) is 11.0 Å². The van der Waals surface area contributed by atoms with Crippen molar-refractivity contribution in [2.75, 3.05) is 6.61 Å². The van der Waals surface area contributed by atoms with Crippen molar-refractivity contribution in [1.29, 1.82) is 0 Å². The fraction of sp³-hybridized carbons (Fsp3) is 0.857. The summed E-state index contributed by atoms with van der Waals surface area (Å²) in [6.45, 7) is 3.62. The van der Waals surface area contributed by atoms with E-state index in [1.807, 2.05) is 6.92 Å². The second-order valence-electron chi connectivity index (χ2n) is 2.93. The lowest BCUT2D eigenvalue weighted by atomic mass is 9.87. The second-order valence-corrected chi connectivity index (χ2v) is 2.93. The zero-order valence-corrected chi connectivity index (χ0v) is 6.96. The first kappa shape index (κ1) is 10.4. The van der Waals surface area contributed by atoms with E-state index >= 15 is 0 Å². The first-order valence-electron chi connectivity index (χ1n) is 3.62. The Kier molecular flexibility index (Phi) is 4.07. The van der Waals surface area contributed by atoms with Crippen LogP contribution in [0.15, 0.2) is 0 Å². The van der Waals surface area contributed by atoms with Gasteiger partial charge in [-0.3, -0.25) is 4.79 Å². The molecule has 0 aliphatic carbocycles. The van der Waals surface area contributed by atoms with E-state index < -0.39 is 11.4 Å². The van der Waals surface area contributed by atoms with Crippen molar-refractivity contribution in [3.63, 3.8) is 0 Å². The summed E-state index contributed by atoms with van der Waals surface area (Å²) < 4.78 is 0. The van der Waals surface area contributed by atoms with E-state index in [1.165, 1.54) is 0 Å². The van der Waals surface area contributed by atoms with Crippen LogP contribution in [0.3, 0.4) is 0 Å². The third-order valence-corrected chi connectivity index (χ3v) is 1.72. The fourth-order valence-electron chi connectivity index (χ4n) is 0.977. The van der Waals surface area contributed by atoms with Gasteiger partial charge in [0, 0.05) is 0 Å². The van der Waals surface area contributed by atoms with Crippen LogP contribution in [0, 0.1) is 5.41 Å². The third-order valence-electron chi connectivity index (χ3n) is 1.72. The normalized spacial score (nSPS) is 15.9. The summed E-state index contributed by atoms with van der Waals surface area (Å²) in [5.41, 5.74) is -0.830. The standard InChI is InChI=1S/C7H15NO3/c1-3-4-7(2,5-11-8)6(9)10/h3-5,8H2,1-2H3,(H,9,10). The molecule has 4 heteroatoms. The predicted molar refractivity (Wildman–Crippen MR) is 40.8 cm³/mol. The van der Waals surface area contributed by atoms with Crippen LogP contribution >= 0.6 is 0 Å². The number of rotatable bonds is 5. The molecule has 0 aliphatic rings. The lowest BCUT2D eigenvalue weighted by molar-refractivity contribution is -0.152. The Morgan fingerprint density at radius 2 is 2.27 bits per heavy atom. The van der Waals surface area contributed by atoms with Crippen LogP contribution in [0.5, 0.6) is 0 Å². The largest absolute Gasteiger partial charge is 0.481 e. The molecule has 0 spiro atoms. The van der Waals surface area contributed by atoms with E-state index in [-0.39, 0.29) is 6.61 Å². The van der Waals surface area contributed by atoms with Gasteiger partial charge in [0.15, 0.2) is 0 Å². The average molecular weight is 161 g/mol. The summed E-state index contributed by atoms with van der Waals surface area (Å²) in [6, 6.07) is 0. The fourth-order valence-corrected chi connectivity index (χ4v) is 0.977. The van der Waals surface area contributed by atoms with Crippen LogP contribution in [-0.4, -0.2) is 17.7 Å². The van der Waals surface area contributed by atoms with Gasteiger partial charge in [0.25, 0.3) is 0 Å². The Bertz CT molecular complexity index is 130. The number of hydrogen-bond donors (Lipinski definition) is 2. The van der Waals surface area contributed by atoms with Crippen LogP contribution in [0.25, 0.3) is 0 Å². The van der Waals surface area contributed by atoms with E-state index in [0.29, 0.717) is 6.42 Å². The monoisotopic (exact) mass is 161 g/mol. The van der Waals surface area contributed by atoms with Crippen LogP contribution in [0.2, 0.25) is 0 Å². The Hall–Kier alpha value is -0.610. The van der Waals surface area contributed by atoms with E-state index in [1.54, 1.807) is 6.92 Å². The lowest BCUT2D eigenvalue weighted by Gasteiger charge is -2.21. The Morgan fingerprint density at radius 3 is 2.55 bits per heavy atom. The second kappa shape index (κ2) is 4.31. The van der Waals surface area contributed by atoms with Crippen LogP contribution < -0.4 is 5.90 Å². The van der Waals surface area contributed by atoms with Gasteiger partial charge >= 0.3 is 5.97 Å². The molecule has 1 atom stereocenters. The molecule has 0 rings (SSSR count). The number of carboxylic acids is 1. The highest BCUT2D eigenvalue weighted by molar-refractivity contribution is 5.74. The summed E-state index contributed by atoms with van der Waals surface area (Å²) in [5.74, 6) is 3.96. The van der Waals surface area contributed by atoms with Crippen LogP contribution in [0.4, 0.5) is 0 Å². The van der Waals surface area contributed by atoms with E-state index in [9.17, 15) is 4.79 Å². The predicted octanol–water partition coefficient (Wildman–Crippen LogP) is 0.768. The van der Waals surface area contributed by atoms with Gasteiger partial charge in [0.2, 0.25) is 0 Å². The number of carbonyl (C=O) groups is 1. The number of aliphatic carboxylic acids is 1. The van der Waals surface area contributed by atoms with Crippen molar-refractivity contribution >= 4 is 5.97 Å². The smallest absolute Gasteiger partial charge is 0.311 e. The zero-order valence-electron chi connectivity index (χ0n) is 6.96. The molecule has 66 valence electrons. The van der Waals surface area contributed by atoms with Gasteiger partial charge in [-0.15, -0.1) is 0 Å². The highest BCUT2D eigenvalue weighted by Crippen LogP contribution is 2.23. The number of nitrogens with two attached hydrogens (primary N) is 1. The van der Waals surface area contributed by atoms with Crippen molar-refractivity contribution in [3.05, 3.63) is 0 Å². The average Bonchev–Trinajstić information content (AvgIpc) is 1.88. The maximum Gasteiger partial charge on any atom is 0.311 e. The molecule has 0 saturated carbocycles. The molecule has 0 aromatic rings. The topological polar surface area (TPSA) is 72.5 Å². The molecule has 0 bridgehead atoms. The van der Waals surface area contributed by atoms with Gasteiger partial charge in [0.05, 0.1) is 12.0 Å². The lowest BCUT2D eigenvalue weighted by Crippen LogP contribution is -2.33. The molecule has 0 radical (unpaired) electrons. The molecule has 3 N–H and O–H groups in total. The molecule has 0 heterocycles. The minimum atomic E-state index is -0.857. The third kappa shape index (κ3) is 2.86. The molecule has 0 fully saturated rings. The summed E-state index contributed by atoms with van der Waals surface area (Å²) >= 11 is 0. The summed E-state index contributed by atoms with van der Waals surface area (Å²) in [5, 5.41) is 8.76. The van der Waals surface area contributed by atoms with Gasteiger partial charge in [-0.1, -0.05) is 13.3 Å². The molecule has 0 aromatic carbocycles. The van der Waals surface area contributed by atoms with Gasteiger partial charge in [0.1, 0.15) is 0 Å². The number of carboxylic acid groups (broad SMARTS) is 1. The first-order valence-corrected chi connectivity index (χ1v) is 3.62. The minimum absolute atomic E-state index is 0.0656. The Balaban J connectivity index is 4.13. The Labute approximate surface area is 66.3 Å². The van der Waals surface area contributed by atoms with Gasteiger partial charge in [-0.05, 0) is 13.3 Å². The Morgan fingerprint density at radius 1 is 1.73 bits per heavy atom. The SMILES string of the molecule is CCCC(C)(CON)C(=O)O. The van der Waals surface area contributed by atoms with Gasteiger partial charge < -0.3 is 9.94 Å². The molecule has 11 heavy (non-hydrogen) atoms. The quantitative estimate of drug-likeness (QED) is 0.584. The van der Waals surface area contributed by atoms with Gasteiger partial charge in [-0.25, -0.2) is 5.90 Å². The maximum absolute atomic E-state index is 10.7. The summed E-state index contributed by atoms with van der Waals surface area (Å²) in [7, 11) is 0. The molecule has 0 aliphatic heterocycles. The van der Waals surface area contributed by atoms with Crippen molar-refractivity contribution < 1.29 is 14.7 Å². The van der Waals surface area contributed by atoms with E-state index in [2.05, 4.69) is 4.84 Å². The molecule has 0 saturated heterocycles. The maximum atomic E-state index is 10.7. The van der Waals surface area contributed by atoms with E-state index in [0.717, 1.165) is 6.42 Å². The molecule has 0 aromatic heterocycles. The molecule has 0 amide bonds. The van der Waals surface area contributed by atoms with Crippen LogP contribution in [-0.2, 0) is 9.63 Å². The highest BCUT2D eigenvalue weighted by atomic mass is 16.6. The zero-order chi connectivity index (χ0) is 8.91.